The van der Waals surface area contributed by atoms with Gasteiger partial charge < -0.3 is 11.1 Å². The molecular formula is C23H23N3S. The molecule has 27 heavy (non-hydrogen) atoms. The lowest BCUT2D eigenvalue weighted by atomic mass is 9.93. The van der Waals surface area contributed by atoms with Crippen molar-refractivity contribution in [3.8, 4) is 0 Å². The maximum absolute atomic E-state index is 5.67. The van der Waals surface area contributed by atoms with Gasteiger partial charge in [-0.15, -0.1) is 0 Å². The van der Waals surface area contributed by atoms with Gasteiger partial charge in [-0.25, -0.2) is 0 Å². The number of benzene rings is 3. The maximum atomic E-state index is 5.67. The van der Waals surface area contributed by atoms with Crippen LogP contribution in [0.1, 0.15) is 22.7 Å². The number of nitrogens with one attached hydrogen (secondary N) is 1. The molecule has 136 valence electrons. The van der Waals surface area contributed by atoms with Crippen LogP contribution in [0.3, 0.4) is 0 Å². The quantitative estimate of drug-likeness (QED) is 0.635. The summed E-state index contributed by atoms with van der Waals surface area (Å²) in [6, 6.07) is 30.2. The van der Waals surface area contributed by atoms with E-state index in [0.29, 0.717) is 17.1 Å². The third kappa shape index (κ3) is 4.02. The molecule has 1 heterocycles. The Morgan fingerprint density at radius 3 is 1.85 bits per heavy atom. The predicted molar refractivity (Wildman–Crippen MR) is 116 cm³/mol. The fourth-order valence-electron chi connectivity index (χ4n) is 3.67. The summed E-state index contributed by atoms with van der Waals surface area (Å²) < 4.78 is 0. The van der Waals surface area contributed by atoms with Crippen LogP contribution in [0.25, 0.3) is 0 Å². The summed E-state index contributed by atoms with van der Waals surface area (Å²) in [6.07, 6.45) is 0. The van der Waals surface area contributed by atoms with E-state index in [1.54, 1.807) is 0 Å². The van der Waals surface area contributed by atoms with Gasteiger partial charge in [-0.2, -0.15) is 0 Å². The molecule has 3 aromatic rings. The second-order valence-corrected chi connectivity index (χ2v) is 7.40. The minimum absolute atomic E-state index is 0.294. The summed E-state index contributed by atoms with van der Waals surface area (Å²) in [5.41, 5.74) is 10.3. The Labute approximate surface area is 165 Å². The number of anilines is 1. The summed E-state index contributed by atoms with van der Waals surface area (Å²) in [5.74, 6) is 0. The van der Waals surface area contributed by atoms with E-state index in [1.807, 2.05) is 24.3 Å². The van der Waals surface area contributed by atoms with Crippen molar-refractivity contribution in [3.05, 3.63) is 102 Å². The molecule has 0 spiro atoms. The number of likely N-dealkylation sites (tertiary alicyclic amines) is 1. The molecule has 0 atom stereocenters. The topological polar surface area (TPSA) is 41.3 Å². The van der Waals surface area contributed by atoms with Crippen molar-refractivity contribution in [2.75, 3.05) is 18.4 Å². The summed E-state index contributed by atoms with van der Waals surface area (Å²) in [5, 5.41) is 3.61. The highest BCUT2D eigenvalue weighted by molar-refractivity contribution is 7.80. The van der Waals surface area contributed by atoms with Gasteiger partial charge >= 0.3 is 0 Å². The Bertz CT molecular complexity index is 848. The Morgan fingerprint density at radius 2 is 1.37 bits per heavy atom. The molecule has 0 aliphatic carbocycles. The highest BCUT2D eigenvalue weighted by Crippen LogP contribution is 2.33. The van der Waals surface area contributed by atoms with E-state index in [1.165, 1.54) is 11.1 Å². The summed E-state index contributed by atoms with van der Waals surface area (Å²) in [4.78, 5) is 2.95. The molecule has 0 amide bonds. The molecule has 4 heteroatoms. The van der Waals surface area contributed by atoms with Crippen LogP contribution in [0, 0.1) is 0 Å². The van der Waals surface area contributed by atoms with Gasteiger partial charge in [-0.3, -0.25) is 4.90 Å². The molecule has 0 saturated carbocycles. The zero-order valence-electron chi connectivity index (χ0n) is 15.1. The highest BCUT2D eigenvalue weighted by atomic mass is 32.1. The van der Waals surface area contributed by atoms with Crippen LogP contribution in [0.15, 0.2) is 84.9 Å². The van der Waals surface area contributed by atoms with Gasteiger partial charge in [0.1, 0.15) is 4.99 Å². The van der Waals surface area contributed by atoms with E-state index in [0.717, 1.165) is 24.3 Å². The van der Waals surface area contributed by atoms with E-state index in [2.05, 4.69) is 70.9 Å². The van der Waals surface area contributed by atoms with Crippen molar-refractivity contribution in [1.82, 2.24) is 4.90 Å². The molecule has 0 radical (unpaired) electrons. The molecule has 0 aromatic heterocycles. The average molecular weight is 374 g/mol. The lowest BCUT2D eigenvalue weighted by Gasteiger charge is -2.45. The molecule has 1 aliphatic rings. The monoisotopic (exact) mass is 373 g/mol. The average Bonchev–Trinajstić information content (AvgIpc) is 2.68. The van der Waals surface area contributed by atoms with Crippen LogP contribution in [-0.4, -0.2) is 29.0 Å². The molecule has 0 unspecified atom stereocenters. The molecule has 1 aliphatic heterocycles. The van der Waals surface area contributed by atoms with Crippen molar-refractivity contribution < 1.29 is 0 Å². The van der Waals surface area contributed by atoms with Gasteiger partial charge in [0.15, 0.2) is 0 Å². The first kappa shape index (κ1) is 17.7. The standard InChI is InChI=1S/C23H23N3S/c24-23(27)19-11-13-20(14-12-19)25-21-15-26(16-21)22(17-7-3-1-4-8-17)18-9-5-2-6-10-18/h1-14,21-22,25H,15-16H2,(H2,24,27). The van der Waals surface area contributed by atoms with Gasteiger partial charge in [0.2, 0.25) is 0 Å². The minimum Gasteiger partial charge on any atom is -0.389 e. The van der Waals surface area contributed by atoms with Crippen molar-refractivity contribution in [2.24, 2.45) is 5.73 Å². The Balaban J connectivity index is 1.45. The summed E-state index contributed by atoms with van der Waals surface area (Å²) in [6.45, 7) is 2.01. The highest BCUT2D eigenvalue weighted by Gasteiger charge is 2.33. The van der Waals surface area contributed by atoms with E-state index >= 15 is 0 Å². The van der Waals surface area contributed by atoms with Crippen LogP contribution in [-0.2, 0) is 0 Å². The third-order valence-corrected chi connectivity index (χ3v) is 5.28. The third-order valence-electron chi connectivity index (χ3n) is 5.05. The first-order valence-electron chi connectivity index (χ1n) is 9.21. The van der Waals surface area contributed by atoms with E-state index in [4.69, 9.17) is 18.0 Å². The Hall–Kier alpha value is -2.69. The second kappa shape index (κ2) is 7.91. The number of nitrogens with two attached hydrogens (primary N) is 1. The van der Waals surface area contributed by atoms with Gasteiger partial charge in [-0.05, 0) is 35.4 Å². The molecule has 3 N–H and O–H groups in total. The number of hydrogen-bond acceptors (Lipinski definition) is 3. The van der Waals surface area contributed by atoms with Gasteiger partial charge in [0, 0.05) is 24.3 Å². The van der Waals surface area contributed by atoms with Gasteiger partial charge in [-0.1, -0.05) is 72.9 Å². The normalized spacial score (nSPS) is 14.7. The van der Waals surface area contributed by atoms with E-state index in [9.17, 15) is 0 Å². The molecule has 3 aromatic carbocycles. The van der Waals surface area contributed by atoms with Gasteiger partial charge in [0.25, 0.3) is 0 Å². The molecular weight excluding hydrogens is 350 g/mol. The Morgan fingerprint density at radius 1 is 0.852 bits per heavy atom. The number of nitrogens with zero attached hydrogens (tertiary/aromatic N) is 1. The van der Waals surface area contributed by atoms with Crippen LogP contribution >= 0.6 is 12.2 Å². The van der Waals surface area contributed by atoms with Crippen LogP contribution in [0.2, 0.25) is 0 Å². The molecule has 1 fully saturated rings. The SMILES string of the molecule is NC(=S)c1ccc(NC2CN(C(c3ccccc3)c3ccccc3)C2)cc1. The largest absolute Gasteiger partial charge is 0.389 e. The maximum Gasteiger partial charge on any atom is 0.103 e. The first-order chi connectivity index (χ1) is 13.2. The van der Waals surface area contributed by atoms with Crippen LogP contribution in [0.5, 0.6) is 0 Å². The zero-order valence-corrected chi connectivity index (χ0v) is 15.9. The second-order valence-electron chi connectivity index (χ2n) is 6.96. The summed E-state index contributed by atoms with van der Waals surface area (Å²) in [7, 11) is 0. The van der Waals surface area contributed by atoms with Crippen molar-refractivity contribution in [2.45, 2.75) is 12.1 Å². The minimum atomic E-state index is 0.294. The van der Waals surface area contributed by atoms with E-state index in [-0.39, 0.29) is 0 Å². The molecule has 0 bridgehead atoms. The Kier molecular flexibility index (Phi) is 5.19. The smallest absolute Gasteiger partial charge is 0.103 e. The van der Waals surface area contributed by atoms with Gasteiger partial charge in [0.05, 0.1) is 12.1 Å². The molecule has 4 rings (SSSR count). The number of thiocarbonyl (C=S) groups is 1. The van der Waals surface area contributed by atoms with Crippen molar-refractivity contribution in [1.29, 1.82) is 0 Å². The van der Waals surface area contributed by atoms with Crippen LogP contribution < -0.4 is 11.1 Å². The van der Waals surface area contributed by atoms with Crippen molar-refractivity contribution >= 4 is 22.9 Å². The zero-order chi connectivity index (χ0) is 18.6. The molecule has 3 nitrogen and oxygen atoms in total. The van der Waals surface area contributed by atoms with Crippen LogP contribution in [0.4, 0.5) is 5.69 Å². The predicted octanol–water partition coefficient (Wildman–Crippen LogP) is 4.21. The van der Waals surface area contributed by atoms with E-state index < -0.39 is 0 Å². The first-order valence-corrected chi connectivity index (χ1v) is 9.62. The number of rotatable bonds is 6. The summed E-state index contributed by atoms with van der Waals surface area (Å²) >= 11 is 5.01. The fourth-order valence-corrected chi connectivity index (χ4v) is 3.80. The fraction of sp³-hybridized carbons (Fsp3) is 0.174. The number of hydrogen-bond donors (Lipinski definition) is 2. The lowest BCUT2D eigenvalue weighted by Crippen LogP contribution is -2.55. The lowest BCUT2D eigenvalue weighted by molar-refractivity contribution is 0.123. The molecule has 1 saturated heterocycles. The van der Waals surface area contributed by atoms with Crippen molar-refractivity contribution in [3.63, 3.8) is 0 Å².